The van der Waals surface area contributed by atoms with Crippen molar-refractivity contribution in [3.63, 3.8) is 0 Å². The summed E-state index contributed by atoms with van der Waals surface area (Å²) in [7, 11) is 0. The molecule has 15 heavy (non-hydrogen) atoms. The second kappa shape index (κ2) is 4.24. The molecule has 5 heteroatoms. The fourth-order valence-electron chi connectivity index (χ4n) is 1.20. The summed E-state index contributed by atoms with van der Waals surface area (Å²) in [5, 5.41) is 8.30. The highest BCUT2D eigenvalue weighted by Crippen LogP contribution is 2.29. The molecule has 1 heterocycles. The van der Waals surface area contributed by atoms with E-state index < -0.39 is 0 Å². The SMILES string of the molecule is Cc1nnc(-c2ccccc2Br)c(Cl)n1. The molecular weight excluding hydrogens is 277 g/mol. The van der Waals surface area contributed by atoms with E-state index in [1.165, 1.54) is 0 Å². The fourth-order valence-corrected chi connectivity index (χ4v) is 1.93. The highest BCUT2D eigenvalue weighted by atomic mass is 79.9. The second-order valence-corrected chi connectivity index (χ2v) is 4.19. The standard InChI is InChI=1S/C10H7BrClN3/c1-6-13-10(12)9(15-14-6)7-4-2-3-5-8(7)11/h2-5H,1H3. The van der Waals surface area contributed by atoms with Crippen LogP contribution in [0.25, 0.3) is 11.3 Å². The summed E-state index contributed by atoms with van der Waals surface area (Å²) < 4.78 is 0.923. The molecule has 0 spiro atoms. The van der Waals surface area contributed by atoms with Gasteiger partial charge in [-0.05, 0) is 13.0 Å². The Balaban J connectivity index is 2.60. The molecule has 0 saturated heterocycles. The average Bonchev–Trinajstić information content (AvgIpc) is 2.20. The third-order valence-corrected chi connectivity index (χ3v) is 2.83. The summed E-state index contributed by atoms with van der Waals surface area (Å²) in [5.74, 6) is 0.566. The zero-order valence-corrected chi connectivity index (χ0v) is 10.2. The maximum Gasteiger partial charge on any atom is 0.159 e. The molecule has 0 aliphatic heterocycles. The Kier molecular flexibility index (Phi) is 2.98. The summed E-state index contributed by atoms with van der Waals surface area (Å²) in [6.07, 6.45) is 0. The topological polar surface area (TPSA) is 38.7 Å². The van der Waals surface area contributed by atoms with Crippen LogP contribution in [-0.4, -0.2) is 15.2 Å². The maximum atomic E-state index is 6.00. The van der Waals surface area contributed by atoms with Crippen LogP contribution in [0.4, 0.5) is 0 Å². The fraction of sp³-hybridized carbons (Fsp3) is 0.100. The molecule has 0 N–H and O–H groups in total. The minimum absolute atomic E-state index is 0.370. The van der Waals surface area contributed by atoms with E-state index in [1.54, 1.807) is 6.92 Å². The quantitative estimate of drug-likeness (QED) is 0.807. The molecule has 76 valence electrons. The smallest absolute Gasteiger partial charge is 0.159 e. The number of halogens is 2. The van der Waals surface area contributed by atoms with E-state index in [9.17, 15) is 0 Å². The van der Waals surface area contributed by atoms with Gasteiger partial charge in [0.05, 0.1) is 0 Å². The summed E-state index contributed by atoms with van der Waals surface area (Å²) in [4.78, 5) is 4.06. The van der Waals surface area contributed by atoms with Crippen molar-refractivity contribution in [2.45, 2.75) is 6.92 Å². The van der Waals surface area contributed by atoms with Crippen LogP contribution in [0.1, 0.15) is 5.82 Å². The van der Waals surface area contributed by atoms with Crippen molar-refractivity contribution in [2.75, 3.05) is 0 Å². The Bertz CT molecular complexity index is 502. The third kappa shape index (κ3) is 2.16. The molecule has 0 amide bonds. The Morgan fingerprint density at radius 1 is 1.20 bits per heavy atom. The molecule has 0 aliphatic rings. The number of aryl methyl sites for hydroxylation is 1. The zero-order valence-electron chi connectivity index (χ0n) is 7.91. The van der Waals surface area contributed by atoms with Crippen LogP contribution in [0, 0.1) is 6.92 Å². The van der Waals surface area contributed by atoms with Crippen LogP contribution >= 0.6 is 27.5 Å². The van der Waals surface area contributed by atoms with E-state index in [0.717, 1.165) is 10.0 Å². The highest BCUT2D eigenvalue weighted by molar-refractivity contribution is 9.10. The van der Waals surface area contributed by atoms with Crippen molar-refractivity contribution in [3.05, 3.63) is 39.7 Å². The van der Waals surface area contributed by atoms with Crippen LogP contribution in [-0.2, 0) is 0 Å². The van der Waals surface area contributed by atoms with Gasteiger partial charge in [-0.25, -0.2) is 4.98 Å². The molecule has 0 saturated carbocycles. The monoisotopic (exact) mass is 283 g/mol. The Morgan fingerprint density at radius 3 is 2.60 bits per heavy atom. The van der Waals surface area contributed by atoms with Crippen LogP contribution in [0.5, 0.6) is 0 Å². The number of hydrogen-bond donors (Lipinski definition) is 0. The molecule has 3 nitrogen and oxygen atoms in total. The predicted octanol–water partition coefficient (Wildman–Crippen LogP) is 3.26. The molecule has 0 fully saturated rings. The van der Waals surface area contributed by atoms with Gasteiger partial charge in [0.2, 0.25) is 0 Å². The van der Waals surface area contributed by atoms with Crippen molar-refractivity contribution in [2.24, 2.45) is 0 Å². The first kappa shape index (κ1) is 10.5. The molecule has 0 atom stereocenters. The van der Waals surface area contributed by atoms with Crippen molar-refractivity contribution in [1.82, 2.24) is 15.2 Å². The highest BCUT2D eigenvalue weighted by Gasteiger charge is 2.10. The molecule has 0 aliphatic carbocycles. The van der Waals surface area contributed by atoms with Crippen LogP contribution in [0.3, 0.4) is 0 Å². The Hall–Kier alpha value is -1.000. The van der Waals surface area contributed by atoms with E-state index in [2.05, 4.69) is 31.1 Å². The van der Waals surface area contributed by atoms with Gasteiger partial charge in [0, 0.05) is 10.0 Å². The van der Waals surface area contributed by atoms with Crippen LogP contribution < -0.4 is 0 Å². The van der Waals surface area contributed by atoms with E-state index in [0.29, 0.717) is 16.7 Å². The predicted molar refractivity (Wildman–Crippen MR) is 62.7 cm³/mol. The zero-order chi connectivity index (χ0) is 10.8. The first-order chi connectivity index (χ1) is 7.18. The van der Waals surface area contributed by atoms with Crippen molar-refractivity contribution < 1.29 is 0 Å². The summed E-state index contributed by atoms with van der Waals surface area (Å²) in [6, 6.07) is 7.68. The number of benzene rings is 1. The third-order valence-electron chi connectivity index (χ3n) is 1.88. The molecule has 2 rings (SSSR count). The molecule has 1 aromatic carbocycles. The minimum atomic E-state index is 0.370. The van der Waals surface area contributed by atoms with Gasteiger partial charge < -0.3 is 0 Å². The first-order valence-corrected chi connectivity index (χ1v) is 5.47. The number of hydrogen-bond acceptors (Lipinski definition) is 3. The van der Waals surface area contributed by atoms with E-state index in [-0.39, 0.29) is 0 Å². The van der Waals surface area contributed by atoms with Gasteiger partial charge in [-0.1, -0.05) is 45.7 Å². The second-order valence-electron chi connectivity index (χ2n) is 2.98. The molecule has 0 bridgehead atoms. The van der Waals surface area contributed by atoms with Crippen molar-refractivity contribution in [1.29, 1.82) is 0 Å². The Labute approximate surface area is 101 Å². The lowest BCUT2D eigenvalue weighted by Crippen LogP contribution is -1.96. The largest absolute Gasteiger partial charge is 0.217 e. The Morgan fingerprint density at radius 2 is 1.93 bits per heavy atom. The maximum absolute atomic E-state index is 6.00. The normalized spacial score (nSPS) is 10.3. The summed E-state index contributed by atoms with van der Waals surface area (Å²) in [5.41, 5.74) is 1.48. The molecular formula is C10H7BrClN3. The van der Waals surface area contributed by atoms with Gasteiger partial charge in [-0.15, -0.1) is 10.2 Å². The first-order valence-electron chi connectivity index (χ1n) is 4.30. The van der Waals surface area contributed by atoms with Crippen molar-refractivity contribution in [3.8, 4) is 11.3 Å². The van der Waals surface area contributed by atoms with E-state index in [1.807, 2.05) is 24.3 Å². The minimum Gasteiger partial charge on any atom is -0.217 e. The molecule has 0 unspecified atom stereocenters. The van der Waals surface area contributed by atoms with Gasteiger partial charge in [0.15, 0.2) is 5.15 Å². The van der Waals surface area contributed by atoms with Crippen LogP contribution in [0.2, 0.25) is 5.15 Å². The number of nitrogens with zero attached hydrogens (tertiary/aromatic N) is 3. The summed E-state index contributed by atoms with van der Waals surface area (Å²) in [6.45, 7) is 1.75. The van der Waals surface area contributed by atoms with Crippen LogP contribution in [0.15, 0.2) is 28.7 Å². The van der Waals surface area contributed by atoms with Gasteiger partial charge in [-0.2, -0.15) is 0 Å². The molecule has 1 aromatic heterocycles. The van der Waals surface area contributed by atoms with E-state index in [4.69, 9.17) is 11.6 Å². The average molecular weight is 285 g/mol. The number of rotatable bonds is 1. The lowest BCUT2D eigenvalue weighted by atomic mass is 10.2. The van der Waals surface area contributed by atoms with Crippen molar-refractivity contribution >= 4 is 27.5 Å². The van der Waals surface area contributed by atoms with Gasteiger partial charge >= 0.3 is 0 Å². The van der Waals surface area contributed by atoms with Gasteiger partial charge in [0.25, 0.3) is 0 Å². The van der Waals surface area contributed by atoms with Gasteiger partial charge in [0.1, 0.15) is 11.5 Å². The van der Waals surface area contributed by atoms with Gasteiger partial charge in [-0.3, -0.25) is 0 Å². The lowest BCUT2D eigenvalue weighted by Gasteiger charge is -2.04. The number of aromatic nitrogens is 3. The summed E-state index contributed by atoms with van der Waals surface area (Å²) >= 11 is 9.43. The molecule has 0 radical (unpaired) electrons. The molecule has 2 aromatic rings. The lowest BCUT2D eigenvalue weighted by molar-refractivity contribution is 0.914. The van der Waals surface area contributed by atoms with E-state index >= 15 is 0 Å².